The maximum Gasteiger partial charge on any atom is 0.272 e. The molecule has 0 fully saturated rings. The monoisotopic (exact) mass is 378 g/mol. The van der Waals surface area contributed by atoms with E-state index in [-0.39, 0.29) is 5.56 Å². The number of benzene rings is 1. The first-order valence-corrected chi connectivity index (χ1v) is 9.18. The summed E-state index contributed by atoms with van der Waals surface area (Å²) in [6.07, 6.45) is 1.35. The molecule has 0 atom stereocenters. The molecule has 4 aromatic rings. The van der Waals surface area contributed by atoms with E-state index >= 15 is 0 Å². The van der Waals surface area contributed by atoms with E-state index in [1.165, 1.54) is 4.52 Å². The van der Waals surface area contributed by atoms with Crippen LogP contribution in [0.5, 0.6) is 0 Å². The van der Waals surface area contributed by atoms with Crippen molar-refractivity contribution in [2.45, 2.75) is 33.3 Å². The van der Waals surface area contributed by atoms with Crippen LogP contribution in [0.1, 0.15) is 28.4 Å². The normalized spacial score (nSPS) is 11.4. The van der Waals surface area contributed by atoms with Gasteiger partial charge < -0.3 is 9.26 Å². The second kappa shape index (κ2) is 7.44. The van der Waals surface area contributed by atoms with Crippen LogP contribution in [-0.2, 0) is 24.2 Å². The minimum Gasteiger partial charge on any atom is -0.378 e. The lowest BCUT2D eigenvalue weighted by molar-refractivity contribution is 0.181. The third kappa shape index (κ3) is 3.25. The molecule has 3 heterocycles. The maximum atomic E-state index is 12.7. The smallest absolute Gasteiger partial charge is 0.272 e. The Bertz CT molecular complexity index is 1150. The largest absolute Gasteiger partial charge is 0.378 e. The molecule has 1 N–H and O–H groups in total. The van der Waals surface area contributed by atoms with Crippen molar-refractivity contribution in [1.82, 2.24) is 19.8 Å². The van der Waals surface area contributed by atoms with Crippen molar-refractivity contribution < 1.29 is 9.26 Å². The third-order valence-corrected chi connectivity index (χ3v) is 4.91. The molecule has 0 bridgehead atoms. The van der Waals surface area contributed by atoms with Gasteiger partial charge in [0.2, 0.25) is 0 Å². The fourth-order valence-corrected chi connectivity index (χ4v) is 3.53. The summed E-state index contributed by atoms with van der Waals surface area (Å²) in [7, 11) is 1.63. The van der Waals surface area contributed by atoms with Crippen molar-refractivity contribution in [2.24, 2.45) is 0 Å². The van der Waals surface area contributed by atoms with Gasteiger partial charge in [0.15, 0.2) is 5.65 Å². The van der Waals surface area contributed by atoms with Crippen LogP contribution in [0.4, 0.5) is 0 Å². The van der Waals surface area contributed by atoms with E-state index < -0.39 is 0 Å². The molecule has 7 nitrogen and oxygen atoms in total. The van der Waals surface area contributed by atoms with Gasteiger partial charge in [-0.3, -0.25) is 9.89 Å². The van der Waals surface area contributed by atoms with E-state index in [0.29, 0.717) is 18.7 Å². The van der Waals surface area contributed by atoms with Crippen LogP contribution in [0.15, 0.2) is 45.7 Å². The second-order valence-electron chi connectivity index (χ2n) is 6.81. The first kappa shape index (κ1) is 18.2. The zero-order chi connectivity index (χ0) is 19.7. The highest BCUT2D eigenvalue weighted by Gasteiger charge is 2.17. The molecular weight excluding hydrogens is 356 g/mol. The summed E-state index contributed by atoms with van der Waals surface area (Å²) in [6, 6.07) is 11.5. The summed E-state index contributed by atoms with van der Waals surface area (Å²) in [5, 5.41) is 7.13. The van der Waals surface area contributed by atoms with Crippen LogP contribution < -0.4 is 5.56 Å². The number of aromatic amines is 1. The maximum absolute atomic E-state index is 12.7. The van der Waals surface area contributed by atoms with Crippen molar-refractivity contribution in [3.8, 4) is 11.1 Å². The summed E-state index contributed by atoms with van der Waals surface area (Å²) in [6.45, 7) is 4.19. The van der Waals surface area contributed by atoms with E-state index in [0.717, 1.165) is 46.0 Å². The molecule has 0 spiro atoms. The van der Waals surface area contributed by atoms with E-state index in [9.17, 15) is 4.79 Å². The number of nitrogens with zero attached hydrogens (tertiary/aromatic N) is 3. The highest BCUT2D eigenvalue weighted by molar-refractivity contribution is 5.79. The quantitative estimate of drug-likeness (QED) is 0.557. The number of H-pyrrole nitrogens is 1. The van der Waals surface area contributed by atoms with Crippen molar-refractivity contribution in [1.29, 1.82) is 0 Å². The van der Waals surface area contributed by atoms with Gasteiger partial charge >= 0.3 is 0 Å². The lowest BCUT2D eigenvalue weighted by atomic mass is 10.1. The van der Waals surface area contributed by atoms with Crippen molar-refractivity contribution >= 4 is 5.65 Å². The standard InChI is InChI=1S/C21H22N4O3/c1-13-17(14(2)28-24-13)10-9-16-11-19(26)25-21(22-16)20(18(23-25)12-27-3)15-7-5-4-6-8-15/h4-8,11,23H,9-10,12H2,1-3H3. The van der Waals surface area contributed by atoms with Crippen molar-refractivity contribution in [2.75, 3.05) is 7.11 Å². The van der Waals surface area contributed by atoms with E-state index in [1.54, 1.807) is 13.2 Å². The minimum absolute atomic E-state index is 0.140. The number of aromatic nitrogens is 4. The molecular formula is C21H22N4O3. The Balaban J connectivity index is 1.79. The molecule has 0 saturated carbocycles. The van der Waals surface area contributed by atoms with E-state index in [4.69, 9.17) is 14.2 Å². The Kier molecular flexibility index (Phi) is 4.83. The van der Waals surface area contributed by atoms with Gasteiger partial charge in [-0.1, -0.05) is 35.5 Å². The van der Waals surface area contributed by atoms with Crippen LogP contribution in [0.3, 0.4) is 0 Å². The summed E-state index contributed by atoms with van der Waals surface area (Å²) in [4.78, 5) is 17.5. The highest BCUT2D eigenvalue weighted by Crippen LogP contribution is 2.27. The fraction of sp³-hybridized carbons (Fsp3) is 0.286. The van der Waals surface area contributed by atoms with Gasteiger partial charge in [-0.25, -0.2) is 9.50 Å². The molecule has 0 aliphatic carbocycles. The van der Waals surface area contributed by atoms with Crippen LogP contribution >= 0.6 is 0 Å². The summed E-state index contributed by atoms with van der Waals surface area (Å²) in [5.41, 5.74) is 5.86. The topological polar surface area (TPSA) is 85.4 Å². The van der Waals surface area contributed by atoms with Gasteiger partial charge in [0, 0.05) is 30.0 Å². The summed E-state index contributed by atoms with van der Waals surface area (Å²) in [5.74, 6) is 0.810. The van der Waals surface area contributed by atoms with Gasteiger partial charge in [0.25, 0.3) is 5.56 Å². The Morgan fingerprint density at radius 1 is 1.18 bits per heavy atom. The van der Waals surface area contributed by atoms with Gasteiger partial charge in [-0.05, 0) is 32.3 Å². The average molecular weight is 378 g/mol. The zero-order valence-electron chi connectivity index (χ0n) is 16.2. The molecule has 7 heteroatoms. The van der Waals surface area contributed by atoms with E-state index in [1.807, 2.05) is 44.2 Å². The first-order chi connectivity index (χ1) is 13.6. The fourth-order valence-electron chi connectivity index (χ4n) is 3.53. The molecule has 0 radical (unpaired) electrons. The molecule has 0 unspecified atom stereocenters. The number of hydrogen-bond acceptors (Lipinski definition) is 5. The molecule has 0 aliphatic rings. The molecule has 0 aliphatic heterocycles. The molecule has 0 amide bonds. The molecule has 0 saturated heterocycles. The number of nitrogens with one attached hydrogen (secondary N) is 1. The van der Waals surface area contributed by atoms with Crippen LogP contribution in [-0.4, -0.2) is 26.9 Å². The average Bonchev–Trinajstić information content (AvgIpc) is 3.21. The van der Waals surface area contributed by atoms with Crippen LogP contribution in [0, 0.1) is 13.8 Å². The van der Waals surface area contributed by atoms with Crippen molar-refractivity contribution in [3.05, 3.63) is 75.2 Å². The Hall–Kier alpha value is -3.19. The first-order valence-electron chi connectivity index (χ1n) is 9.18. The minimum atomic E-state index is -0.140. The Morgan fingerprint density at radius 2 is 1.96 bits per heavy atom. The van der Waals surface area contributed by atoms with Crippen LogP contribution in [0.25, 0.3) is 16.8 Å². The molecule has 144 valence electrons. The predicted molar refractivity (Wildman–Crippen MR) is 105 cm³/mol. The third-order valence-electron chi connectivity index (χ3n) is 4.91. The van der Waals surface area contributed by atoms with Crippen LogP contribution in [0.2, 0.25) is 0 Å². The molecule has 3 aromatic heterocycles. The van der Waals surface area contributed by atoms with Gasteiger partial charge in [-0.15, -0.1) is 0 Å². The Labute approximate surface area is 162 Å². The number of aryl methyl sites for hydroxylation is 3. The SMILES string of the molecule is COCc1[nH]n2c(=O)cc(CCc3c(C)noc3C)nc2c1-c1ccccc1. The molecule has 1 aromatic carbocycles. The van der Waals surface area contributed by atoms with Gasteiger partial charge in [0.1, 0.15) is 5.76 Å². The number of fused-ring (bicyclic) bond motifs is 1. The highest BCUT2D eigenvalue weighted by atomic mass is 16.5. The second-order valence-corrected chi connectivity index (χ2v) is 6.81. The number of methoxy groups -OCH3 is 1. The Morgan fingerprint density at radius 3 is 2.64 bits per heavy atom. The number of hydrogen-bond donors (Lipinski definition) is 1. The summed E-state index contributed by atoms with van der Waals surface area (Å²) < 4.78 is 12.0. The van der Waals surface area contributed by atoms with Gasteiger partial charge in [-0.2, -0.15) is 0 Å². The lowest BCUT2D eigenvalue weighted by Crippen LogP contribution is -2.16. The molecule has 4 rings (SSSR count). The van der Waals surface area contributed by atoms with Gasteiger partial charge in [0.05, 0.1) is 18.0 Å². The predicted octanol–water partition coefficient (Wildman–Crippen LogP) is 3.23. The van der Waals surface area contributed by atoms with E-state index in [2.05, 4.69) is 10.3 Å². The number of ether oxygens (including phenoxy) is 1. The zero-order valence-corrected chi connectivity index (χ0v) is 16.2. The lowest BCUT2D eigenvalue weighted by Gasteiger charge is -2.04. The summed E-state index contributed by atoms with van der Waals surface area (Å²) >= 11 is 0. The van der Waals surface area contributed by atoms with Crippen molar-refractivity contribution in [3.63, 3.8) is 0 Å². The molecule has 28 heavy (non-hydrogen) atoms. The number of rotatable bonds is 6.